The van der Waals surface area contributed by atoms with Gasteiger partial charge in [0.2, 0.25) is 17.6 Å². The molecule has 1 aromatic heterocycles. The van der Waals surface area contributed by atoms with Crippen molar-refractivity contribution in [1.82, 2.24) is 20.8 Å². The molecule has 1 aliphatic rings. The fourth-order valence-electron chi connectivity index (χ4n) is 3.38. The Morgan fingerprint density at radius 1 is 1.20 bits per heavy atom. The normalized spacial score (nSPS) is 17.7. The lowest BCUT2D eigenvalue weighted by atomic mass is 9.92. The van der Waals surface area contributed by atoms with Crippen molar-refractivity contribution in [1.29, 1.82) is 0 Å². The summed E-state index contributed by atoms with van der Waals surface area (Å²) in [7, 11) is 0. The van der Waals surface area contributed by atoms with Crippen molar-refractivity contribution >= 4 is 23.7 Å². The first kappa shape index (κ1) is 25.7. The van der Waals surface area contributed by atoms with Crippen LogP contribution >= 0.6 is 0 Å². The fourth-order valence-corrected chi connectivity index (χ4v) is 3.38. The molecular weight excluding hydrogens is 458 g/mol. The summed E-state index contributed by atoms with van der Waals surface area (Å²) in [5, 5.41) is 22.1. The molecule has 12 nitrogen and oxygen atoms in total. The van der Waals surface area contributed by atoms with Crippen LogP contribution in [0.25, 0.3) is 11.4 Å². The van der Waals surface area contributed by atoms with E-state index in [0.717, 1.165) is 17.5 Å². The number of carbonyl (C=O) groups is 3. The van der Waals surface area contributed by atoms with E-state index in [9.17, 15) is 19.5 Å². The number of carboxylic acid groups (broad SMARTS) is 1. The van der Waals surface area contributed by atoms with Gasteiger partial charge in [0.05, 0.1) is 18.7 Å². The summed E-state index contributed by atoms with van der Waals surface area (Å²) < 4.78 is 9.91. The van der Waals surface area contributed by atoms with Crippen molar-refractivity contribution in [2.45, 2.75) is 52.2 Å². The Morgan fingerprint density at radius 3 is 2.54 bits per heavy atom. The molecule has 188 valence electrons. The summed E-state index contributed by atoms with van der Waals surface area (Å²) >= 11 is 0. The van der Waals surface area contributed by atoms with Gasteiger partial charge in [-0.15, -0.1) is 0 Å². The van der Waals surface area contributed by atoms with Crippen LogP contribution in [0.5, 0.6) is 0 Å². The Kier molecular flexibility index (Phi) is 8.76. The number of carboxylic acids is 1. The van der Waals surface area contributed by atoms with Gasteiger partial charge in [-0.25, -0.2) is 9.59 Å². The summed E-state index contributed by atoms with van der Waals surface area (Å²) in [6.07, 6.45) is 0.131. The molecule has 0 spiro atoms. The first-order valence-electron chi connectivity index (χ1n) is 11.4. The molecule has 0 saturated carbocycles. The minimum absolute atomic E-state index is 0.0261. The number of alkyl carbamates (subject to hydrolysis) is 1. The number of hydrogen-bond donors (Lipinski definition) is 3. The Balaban J connectivity index is 1.49. The molecule has 1 unspecified atom stereocenters. The number of aliphatic carboxylic acids is 1. The first-order chi connectivity index (χ1) is 16.8. The molecule has 3 atom stereocenters. The van der Waals surface area contributed by atoms with Gasteiger partial charge in [0.1, 0.15) is 12.1 Å². The van der Waals surface area contributed by atoms with Crippen LogP contribution in [0, 0.1) is 12.8 Å². The molecule has 3 N–H and O–H groups in total. The van der Waals surface area contributed by atoms with E-state index in [1.165, 1.54) is 0 Å². The molecule has 1 aliphatic heterocycles. The van der Waals surface area contributed by atoms with Crippen LogP contribution in [-0.4, -0.2) is 64.2 Å². The van der Waals surface area contributed by atoms with Gasteiger partial charge in [-0.1, -0.05) is 54.8 Å². The van der Waals surface area contributed by atoms with E-state index in [2.05, 4.69) is 25.9 Å². The van der Waals surface area contributed by atoms with E-state index in [-0.39, 0.29) is 25.5 Å². The molecule has 0 fully saturated rings. The van der Waals surface area contributed by atoms with Gasteiger partial charge < -0.3 is 29.8 Å². The highest BCUT2D eigenvalue weighted by atomic mass is 16.6. The van der Waals surface area contributed by atoms with Gasteiger partial charge in [0.15, 0.2) is 0 Å². The molecule has 2 amide bonds. The lowest BCUT2D eigenvalue weighted by molar-refractivity contribution is -0.139. The summed E-state index contributed by atoms with van der Waals surface area (Å²) in [6, 6.07) is 6.11. The number of ether oxygens (including phenoxy) is 1. The number of unbranched alkanes of at least 4 members (excludes halogenated alkanes) is 1. The van der Waals surface area contributed by atoms with Crippen LogP contribution in [0.4, 0.5) is 4.79 Å². The number of rotatable bonds is 11. The summed E-state index contributed by atoms with van der Waals surface area (Å²) in [6.45, 7) is 5.46. The standard InChI is InChI=1S/C23H29N5O7/c1-4-5-10-33-23(32)26-17(22(30)31)12-24-19(29)11-18-13(2)20(27-35-18)15-6-8-16(9-7-15)21-25-14(3)34-28-21/h6-9,13,17-18H,4-5,10-12H2,1-3H3,(H,24,29)(H,26,32)(H,30,31)/t13-,17-,18?/m0/s1. The van der Waals surface area contributed by atoms with Crippen molar-refractivity contribution in [3.8, 4) is 11.4 Å². The quantitative estimate of drug-likeness (QED) is 0.403. The highest BCUT2D eigenvalue weighted by molar-refractivity contribution is 6.03. The van der Waals surface area contributed by atoms with Crippen molar-refractivity contribution in [2.24, 2.45) is 11.1 Å². The third-order valence-corrected chi connectivity index (χ3v) is 5.45. The lowest BCUT2D eigenvalue weighted by Gasteiger charge is -2.17. The maximum Gasteiger partial charge on any atom is 0.407 e. The Morgan fingerprint density at radius 2 is 1.91 bits per heavy atom. The van der Waals surface area contributed by atoms with Crippen molar-refractivity contribution < 1.29 is 33.6 Å². The third kappa shape index (κ3) is 7.01. The van der Waals surface area contributed by atoms with Crippen LogP contribution in [0.3, 0.4) is 0 Å². The lowest BCUT2D eigenvalue weighted by Crippen LogP contribution is -2.49. The number of aryl methyl sites for hydroxylation is 1. The van der Waals surface area contributed by atoms with Crippen LogP contribution < -0.4 is 10.6 Å². The largest absolute Gasteiger partial charge is 0.480 e. The number of oxime groups is 1. The maximum atomic E-state index is 12.4. The smallest absolute Gasteiger partial charge is 0.407 e. The van der Waals surface area contributed by atoms with Crippen LogP contribution in [0.15, 0.2) is 33.9 Å². The molecule has 3 rings (SSSR count). The van der Waals surface area contributed by atoms with Crippen molar-refractivity contribution in [3.05, 3.63) is 35.7 Å². The van der Waals surface area contributed by atoms with E-state index >= 15 is 0 Å². The monoisotopic (exact) mass is 487 g/mol. The van der Waals surface area contributed by atoms with E-state index in [0.29, 0.717) is 23.8 Å². The Labute approximate surface area is 202 Å². The molecule has 0 saturated heterocycles. The Hall–Kier alpha value is -3.96. The van der Waals surface area contributed by atoms with Gasteiger partial charge in [-0.2, -0.15) is 4.98 Å². The van der Waals surface area contributed by atoms with Crippen molar-refractivity contribution in [2.75, 3.05) is 13.2 Å². The van der Waals surface area contributed by atoms with Gasteiger partial charge in [0.25, 0.3) is 0 Å². The maximum absolute atomic E-state index is 12.4. The molecule has 0 radical (unpaired) electrons. The van der Waals surface area contributed by atoms with E-state index < -0.39 is 30.1 Å². The molecule has 1 aromatic carbocycles. The minimum atomic E-state index is -1.32. The van der Waals surface area contributed by atoms with Crippen LogP contribution in [0.1, 0.15) is 44.6 Å². The van der Waals surface area contributed by atoms with E-state index in [1.807, 2.05) is 38.1 Å². The van der Waals surface area contributed by atoms with Gasteiger partial charge >= 0.3 is 12.1 Å². The highest BCUT2D eigenvalue weighted by Crippen LogP contribution is 2.26. The second-order valence-corrected chi connectivity index (χ2v) is 8.16. The second kappa shape index (κ2) is 12.0. The zero-order valence-electron chi connectivity index (χ0n) is 19.8. The predicted molar refractivity (Wildman–Crippen MR) is 123 cm³/mol. The SMILES string of the molecule is CCCCOC(=O)N[C@@H](CNC(=O)CC1ON=C(c2ccc(-c3noc(C)n3)cc2)[C@H]1C)C(=O)O. The molecule has 12 heteroatoms. The first-order valence-corrected chi connectivity index (χ1v) is 11.4. The number of aromatic nitrogens is 2. The Bertz CT molecular complexity index is 1070. The third-order valence-electron chi connectivity index (χ3n) is 5.45. The van der Waals surface area contributed by atoms with Crippen LogP contribution in [-0.2, 0) is 19.2 Å². The number of benzene rings is 1. The number of amides is 2. The summed E-state index contributed by atoms with van der Waals surface area (Å²) in [5.74, 6) is -0.919. The fraction of sp³-hybridized carbons (Fsp3) is 0.478. The number of nitrogens with zero attached hydrogens (tertiary/aromatic N) is 3. The second-order valence-electron chi connectivity index (χ2n) is 8.16. The zero-order valence-corrected chi connectivity index (χ0v) is 19.8. The summed E-state index contributed by atoms with van der Waals surface area (Å²) in [5.41, 5.74) is 2.32. The van der Waals surface area contributed by atoms with Gasteiger partial charge in [-0.05, 0) is 12.0 Å². The molecule has 0 bridgehead atoms. The summed E-state index contributed by atoms with van der Waals surface area (Å²) in [4.78, 5) is 45.2. The minimum Gasteiger partial charge on any atom is -0.480 e. The van der Waals surface area contributed by atoms with Gasteiger partial charge in [-0.3, -0.25) is 4.79 Å². The number of carbonyl (C=O) groups excluding carboxylic acids is 2. The number of nitrogens with one attached hydrogen (secondary N) is 2. The predicted octanol–water partition coefficient (Wildman–Crippen LogP) is 2.27. The molecule has 2 aromatic rings. The molecule has 2 heterocycles. The zero-order chi connectivity index (χ0) is 25.4. The van der Waals surface area contributed by atoms with Gasteiger partial charge in [0, 0.05) is 24.9 Å². The van der Waals surface area contributed by atoms with Crippen LogP contribution in [0.2, 0.25) is 0 Å². The molecule has 0 aliphatic carbocycles. The van der Waals surface area contributed by atoms with Crippen molar-refractivity contribution in [3.63, 3.8) is 0 Å². The van der Waals surface area contributed by atoms with E-state index in [4.69, 9.17) is 14.1 Å². The topological polar surface area (TPSA) is 165 Å². The molecular formula is C23H29N5O7. The van der Waals surface area contributed by atoms with E-state index in [1.54, 1.807) is 6.92 Å². The average molecular weight is 488 g/mol. The molecule has 35 heavy (non-hydrogen) atoms. The number of hydrogen-bond acceptors (Lipinski definition) is 9. The average Bonchev–Trinajstić information content (AvgIpc) is 3.42. The highest BCUT2D eigenvalue weighted by Gasteiger charge is 2.33.